The molecule has 192 valence electrons. The van der Waals surface area contributed by atoms with Crippen LogP contribution in [-0.2, 0) is 9.53 Å². The predicted molar refractivity (Wildman–Crippen MR) is 143 cm³/mol. The van der Waals surface area contributed by atoms with Gasteiger partial charge in [0, 0.05) is 16.7 Å². The quantitative estimate of drug-likeness (QED) is 0.357. The molecule has 0 bridgehead atoms. The number of fused-ring (bicyclic) bond motifs is 1. The molecular formula is C28H21ClN2O6S. The fourth-order valence-electron chi connectivity index (χ4n) is 4.27. The first-order valence-corrected chi connectivity index (χ1v) is 12.9. The Hall–Kier alpha value is -4.21. The molecule has 0 spiro atoms. The highest BCUT2D eigenvalue weighted by Crippen LogP contribution is 2.34. The molecule has 4 aromatic rings. The van der Waals surface area contributed by atoms with E-state index in [9.17, 15) is 14.4 Å². The summed E-state index contributed by atoms with van der Waals surface area (Å²) in [4.78, 5) is 42.7. The van der Waals surface area contributed by atoms with Crippen LogP contribution < -0.4 is 14.9 Å². The van der Waals surface area contributed by atoms with Gasteiger partial charge in [-0.15, -0.1) is 0 Å². The average molecular weight is 549 g/mol. The first-order valence-electron chi connectivity index (χ1n) is 11.7. The van der Waals surface area contributed by atoms with Gasteiger partial charge in [0.05, 0.1) is 28.0 Å². The van der Waals surface area contributed by atoms with Gasteiger partial charge in [-0.1, -0.05) is 53.3 Å². The monoisotopic (exact) mass is 548 g/mol. The van der Waals surface area contributed by atoms with Crippen molar-refractivity contribution in [3.05, 3.63) is 114 Å². The molecular weight excluding hydrogens is 528 g/mol. The predicted octanol–water partition coefficient (Wildman–Crippen LogP) is 4.41. The van der Waals surface area contributed by atoms with E-state index >= 15 is 0 Å². The van der Waals surface area contributed by atoms with Gasteiger partial charge >= 0.3 is 11.9 Å². The number of halogens is 1. The molecule has 2 aromatic carbocycles. The Bertz CT molecular complexity index is 1780. The van der Waals surface area contributed by atoms with Crippen molar-refractivity contribution >= 4 is 41.0 Å². The van der Waals surface area contributed by atoms with Crippen LogP contribution in [0.1, 0.15) is 41.6 Å². The van der Waals surface area contributed by atoms with Gasteiger partial charge in [-0.3, -0.25) is 9.36 Å². The Morgan fingerprint density at radius 1 is 1.16 bits per heavy atom. The number of carboxylic acids is 1. The number of hydrogen-bond donors (Lipinski definition) is 1. The van der Waals surface area contributed by atoms with Crippen molar-refractivity contribution in [3.63, 3.8) is 0 Å². The summed E-state index contributed by atoms with van der Waals surface area (Å²) in [6.07, 6.45) is 1.62. The molecule has 0 saturated carbocycles. The molecule has 1 N–H and O–H groups in total. The molecule has 1 atom stereocenters. The van der Waals surface area contributed by atoms with E-state index < -0.39 is 18.0 Å². The lowest BCUT2D eigenvalue weighted by Gasteiger charge is -2.25. The van der Waals surface area contributed by atoms with Gasteiger partial charge in [-0.05, 0) is 49.7 Å². The van der Waals surface area contributed by atoms with Crippen molar-refractivity contribution in [2.75, 3.05) is 6.61 Å². The minimum atomic E-state index is -1.01. The van der Waals surface area contributed by atoms with Crippen molar-refractivity contribution < 1.29 is 23.8 Å². The van der Waals surface area contributed by atoms with E-state index in [0.29, 0.717) is 42.7 Å². The van der Waals surface area contributed by atoms with Crippen LogP contribution in [0.3, 0.4) is 0 Å². The number of furan rings is 1. The van der Waals surface area contributed by atoms with E-state index in [1.807, 2.05) is 0 Å². The SMILES string of the molecule is CCOC(=O)C1=C(C)N=c2sc(=Cc3ccc(-c4ccc(C(=O)O)cc4)o3)c(=O)n2C1c1ccccc1Cl. The molecule has 0 fully saturated rings. The van der Waals surface area contributed by atoms with E-state index in [4.69, 9.17) is 25.9 Å². The zero-order valence-electron chi connectivity index (χ0n) is 20.3. The number of esters is 1. The number of aromatic nitrogens is 1. The lowest BCUT2D eigenvalue weighted by Crippen LogP contribution is -2.40. The van der Waals surface area contributed by atoms with Crippen molar-refractivity contribution in [1.82, 2.24) is 4.57 Å². The fourth-order valence-corrected chi connectivity index (χ4v) is 5.54. The van der Waals surface area contributed by atoms with E-state index in [1.54, 1.807) is 68.5 Å². The zero-order chi connectivity index (χ0) is 27.0. The first kappa shape index (κ1) is 25.4. The van der Waals surface area contributed by atoms with E-state index in [0.717, 1.165) is 0 Å². The Kier molecular flexibility index (Phi) is 6.88. The standard InChI is InChI=1S/C28H21ClN2O6S/c1-3-36-27(35)23-15(2)30-28-31(24(23)19-6-4-5-7-20(19)29)25(32)22(38-28)14-18-12-13-21(37-18)16-8-10-17(11-9-16)26(33)34/h4-14,24H,3H2,1-2H3,(H,33,34). The van der Waals surface area contributed by atoms with Crippen LogP contribution in [0.5, 0.6) is 0 Å². The fraction of sp³-hybridized carbons (Fsp3) is 0.143. The van der Waals surface area contributed by atoms with E-state index in [-0.39, 0.29) is 23.3 Å². The van der Waals surface area contributed by atoms with Gasteiger partial charge in [-0.2, -0.15) is 0 Å². The van der Waals surface area contributed by atoms with Gasteiger partial charge < -0.3 is 14.3 Å². The summed E-state index contributed by atoms with van der Waals surface area (Å²) in [6.45, 7) is 3.60. The highest BCUT2D eigenvalue weighted by atomic mass is 35.5. The number of carbonyl (C=O) groups excluding carboxylic acids is 1. The largest absolute Gasteiger partial charge is 0.478 e. The summed E-state index contributed by atoms with van der Waals surface area (Å²) in [7, 11) is 0. The number of allylic oxidation sites excluding steroid dienone is 1. The maximum Gasteiger partial charge on any atom is 0.338 e. The minimum Gasteiger partial charge on any atom is -0.478 e. The van der Waals surface area contributed by atoms with Crippen molar-refractivity contribution in [3.8, 4) is 11.3 Å². The highest BCUT2D eigenvalue weighted by molar-refractivity contribution is 7.07. The molecule has 2 aromatic heterocycles. The number of carboxylic acid groups (broad SMARTS) is 1. The molecule has 8 nitrogen and oxygen atoms in total. The van der Waals surface area contributed by atoms with Crippen molar-refractivity contribution in [1.29, 1.82) is 0 Å². The van der Waals surface area contributed by atoms with Crippen LogP contribution in [0.4, 0.5) is 0 Å². The Morgan fingerprint density at radius 2 is 1.89 bits per heavy atom. The third-order valence-electron chi connectivity index (χ3n) is 6.03. The number of nitrogens with zero attached hydrogens (tertiary/aromatic N) is 2. The third-order valence-corrected chi connectivity index (χ3v) is 7.36. The number of carbonyl (C=O) groups is 2. The molecule has 0 radical (unpaired) electrons. The highest BCUT2D eigenvalue weighted by Gasteiger charge is 2.34. The molecule has 1 aliphatic rings. The summed E-state index contributed by atoms with van der Waals surface area (Å²) >= 11 is 7.70. The lowest BCUT2D eigenvalue weighted by molar-refractivity contribution is -0.139. The number of aromatic carboxylic acids is 1. The summed E-state index contributed by atoms with van der Waals surface area (Å²) < 4.78 is 13.0. The van der Waals surface area contributed by atoms with Crippen LogP contribution in [0.2, 0.25) is 5.02 Å². The number of hydrogen-bond acceptors (Lipinski definition) is 7. The molecule has 0 amide bonds. The van der Waals surface area contributed by atoms with Gasteiger partial charge in [0.1, 0.15) is 17.6 Å². The summed E-state index contributed by atoms with van der Waals surface area (Å²) in [5.74, 6) is -0.611. The second kappa shape index (κ2) is 10.3. The number of ether oxygens (including phenoxy) is 1. The summed E-state index contributed by atoms with van der Waals surface area (Å²) in [5.41, 5.74) is 1.81. The van der Waals surface area contributed by atoms with Crippen LogP contribution >= 0.6 is 22.9 Å². The normalized spacial score (nSPS) is 15.2. The Labute approximate surface area is 225 Å². The number of rotatable bonds is 6. The van der Waals surface area contributed by atoms with E-state index in [1.165, 1.54) is 28.0 Å². The summed E-state index contributed by atoms with van der Waals surface area (Å²) in [6, 6.07) is 16.0. The molecule has 10 heteroatoms. The van der Waals surface area contributed by atoms with Gasteiger partial charge in [-0.25, -0.2) is 14.6 Å². The maximum atomic E-state index is 13.7. The van der Waals surface area contributed by atoms with Crippen molar-refractivity contribution in [2.45, 2.75) is 19.9 Å². The summed E-state index contributed by atoms with van der Waals surface area (Å²) in [5, 5.41) is 9.51. The van der Waals surface area contributed by atoms with E-state index in [2.05, 4.69) is 4.99 Å². The molecule has 1 unspecified atom stereocenters. The van der Waals surface area contributed by atoms with Crippen LogP contribution in [-0.4, -0.2) is 28.2 Å². The van der Waals surface area contributed by atoms with Crippen LogP contribution in [0, 0.1) is 0 Å². The van der Waals surface area contributed by atoms with Gasteiger partial charge in [0.2, 0.25) is 0 Å². The smallest absolute Gasteiger partial charge is 0.338 e. The zero-order valence-corrected chi connectivity index (χ0v) is 21.9. The third kappa shape index (κ3) is 4.62. The maximum absolute atomic E-state index is 13.7. The molecule has 38 heavy (non-hydrogen) atoms. The second-order valence-corrected chi connectivity index (χ2v) is 9.82. The second-order valence-electron chi connectivity index (χ2n) is 8.41. The minimum absolute atomic E-state index is 0.173. The average Bonchev–Trinajstić information content (AvgIpc) is 3.48. The molecule has 5 rings (SSSR count). The lowest BCUT2D eigenvalue weighted by atomic mass is 9.96. The Morgan fingerprint density at radius 3 is 2.58 bits per heavy atom. The topological polar surface area (TPSA) is 111 Å². The molecule has 3 heterocycles. The van der Waals surface area contributed by atoms with Gasteiger partial charge in [0.25, 0.3) is 5.56 Å². The first-order chi connectivity index (χ1) is 18.3. The van der Waals surface area contributed by atoms with Crippen LogP contribution in [0.15, 0.2) is 86.1 Å². The van der Waals surface area contributed by atoms with Gasteiger partial charge in [0.15, 0.2) is 4.80 Å². The van der Waals surface area contributed by atoms with Crippen molar-refractivity contribution in [2.24, 2.45) is 4.99 Å². The molecule has 0 saturated heterocycles. The number of benzene rings is 2. The Balaban J connectivity index is 1.61. The molecule has 1 aliphatic heterocycles. The van der Waals surface area contributed by atoms with Crippen LogP contribution in [0.25, 0.3) is 17.4 Å². The molecule has 0 aliphatic carbocycles. The number of thiazole rings is 1.